The van der Waals surface area contributed by atoms with Crippen molar-refractivity contribution in [3.63, 3.8) is 0 Å². The lowest BCUT2D eigenvalue weighted by atomic mass is 10.1. The minimum absolute atomic E-state index is 0.124. The lowest BCUT2D eigenvalue weighted by molar-refractivity contribution is 0.570. The molecule has 2 aromatic carbocycles. The summed E-state index contributed by atoms with van der Waals surface area (Å²) in [7, 11) is 0. The number of hydrogen-bond donors (Lipinski definition) is 0. The van der Waals surface area contributed by atoms with E-state index in [0.717, 1.165) is 60.0 Å². The number of hydrogen-bond acceptors (Lipinski definition) is 6. The van der Waals surface area contributed by atoms with Crippen LogP contribution < -0.4 is 5.56 Å². The van der Waals surface area contributed by atoms with Crippen molar-refractivity contribution in [2.75, 3.05) is 0 Å². The number of oxazole rings is 1. The molecule has 0 bridgehead atoms. The van der Waals surface area contributed by atoms with Crippen molar-refractivity contribution in [1.82, 2.24) is 24.3 Å². The van der Waals surface area contributed by atoms with Gasteiger partial charge in [-0.05, 0) is 55.7 Å². The van der Waals surface area contributed by atoms with Crippen molar-refractivity contribution < 1.29 is 8.81 Å². The molecule has 4 heterocycles. The Morgan fingerprint density at radius 3 is 2.66 bits per heavy atom. The third-order valence-corrected chi connectivity index (χ3v) is 7.17. The summed E-state index contributed by atoms with van der Waals surface area (Å²) < 4.78 is 22.5. The van der Waals surface area contributed by atoms with Crippen molar-refractivity contribution in [1.29, 1.82) is 0 Å². The molecule has 0 atom stereocenters. The summed E-state index contributed by atoms with van der Waals surface area (Å²) >= 11 is 1.55. The topological polar surface area (TPSA) is 78.7 Å². The number of rotatable bonds is 5. The van der Waals surface area contributed by atoms with E-state index in [2.05, 4.69) is 14.6 Å². The molecule has 7 nitrogen and oxygen atoms in total. The van der Waals surface area contributed by atoms with Crippen LogP contribution in [0, 0.1) is 5.82 Å². The maximum atomic E-state index is 13.4. The van der Waals surface area contributed by atoms with E-state index in [1.54, 1.807) is 30.2 Å². The van der Waals surface area contributed by atoms with Crippen LogP contribution in [0.5, 0.6) is 0 Å². The minimum atomic E-state index is -0.300. The normalized spacial score (nSPS) is 13.6. The zero-order chi connectivity index (χ0) is 23.8. The summed E-state index contributed by atoms with van der Waals surface area (Å²) in [4.78, 5) is 22.7. The summed E-state index contributed by atoms with van der Waals surface area (Å²) in [5.74, 6) is 1.17. The van der Waals surface area contributed by atoms with Gasteiger partial charge < -0.3 is 8.98 Å². The van der Waals surface area contributed by atoms with Crippen molar-refractivity contribution in [2.24, 2.45) is 0 Å². The predicted octanol–water partition coefficient (Wildman–Crippen LogP) is 5.35. The van der Waals surface area contributed by atoms with Crippen LogP contribution in [0.3, 0.4) is 0 Å². The van der Waals surface area contributed by atoms with Gasteiger partial charge in [-0.3, -0.25) is 4.79 Å². The SMILES string of the molecule is O=c1c2c3n(c(SCc4coc(-c5ccc(F)cc5)n4)nc-2nn1-c1ccccc1)CCCCC3. The van der Waals surface area contributed by atoms with Gasteiger partial charge in [0, 0.05) is 23.6 Å². The molecular formula is C26H22FN5O2S. The summed E-state index contributed by atoms with van der Waals surface area (Å²) in [6, 6.07) is 15.5. The van der Waals surface area contributed by atoms with Crippen LogP contribution in [0.25, 0.3) is 28.5 Å². The Kier molecular flexibility index (Phi) is 5.69. The first kappa shape index (κ1) is 21.8. The summed E-state index contributed by atoms with van der Waals surface area (Å²) in [5, 5.41) is 5.41. The fourth-order valence-corrected chi connectivity index (χ4v) is 5.36. The molecule has 0 fully saturated rings. The van der Waals surface area contributed by atoms with Crippen LogP contribution >= 0.6 is 11.8 Å². The van der Waals surface area contributed by atoms with Gasteiger partial charge in [0.2, 0.25) is 5.89 Å². The van der Waals surface area contributed by atoms with Crippen molar-refractivity contribution in [3.05, 3.63) is 88.4 Å². The minimum Gasteiger partial charge on any atom is -0.444 e. The van der Waals surface area contributed by atoms with Crippen molar-refractivity contribution in [3.8, 4) is 28.5 Å². The second-order valence-corrected chi connectivity index (χ2v) is 9.44. The average molecular weight is 488 g/mol. The van der Waals surface area contributed by atoms with Crippen LogP contribution in [0.4, 0.5) is 4.39 Å². The van der Waals surface area contributed by atoms with Gasteiger partial charge in [0.25, 0.3) is 5.56 Å². The Balaban J connectivity index is 1.35. The standard InChI is InChI=1S/C26H22FN5O2S/c27-18-12-10-17(11-13-18)24-28-19(15-34-24)16-35-26-29-23-22(21-9-5-2-6-14-31(21)26)25(33)32(30-23)20-7-3-1-4-8-20/h1,3-4,7-8,10-13,15H,2,5-6,9,14,16H2. The van der Waals surface area contributed by atoms with Crippen LogP contribution in [0.15, 0.2) is 75.2 Å². The molecule has 0 spiro atoms. The summed E-state index contributed by atoms with van der Waals surface area (Å²) in [5.41, 5.74) is 3.71. The maximum absolute atomic E-state index is 13.4. The molecule has 6 rings (SSSR count). The Morgan fingerprint density at radius 2 is 1.83 bits per heavy atom. The van der Waals surface area contributed by atoms with Crippen LogP contribution in [0.1, 0.15) is 30.7 Å². The van der Waals surface area contributed by atoms with Gasteiger partial charge in [0.1, 0.15) is 17.6 Å². The third kappa shape index (κ3) is 4.16. The van der Waals surface area contributed by atoms with Crippen LogP contribution in [-0.2, 0) is 18.7 Å². The Labute approximate surface area is 205 Å². The largest absolute Gasteiger partial charge is 0.444 e. The lowest BCUT2D eigenvalue weighted by Crippen LogP contribution is -2.19. The molecule has 35 heavy (non-hydrogen) atoms. The van der Waals surface area contributed by atoms with E-state index in [-0.39, 0.29) is 11.4 Å². The quantitative estimate of drug-likeness (QED) is 0.246. The molecule has 0 amide bonds. The molecule has 0 radical (unpaired) electrons. The monoisotopic (exact) mass is 487 g/mol. The van der Waals surface area contributed by atoms with Gasteiger partial charge in [0.15, 0.2) is 11.0 Å². The zero-order valence-electron chi connectivity index (χ0n) is 18.9. The maximum Gasteiger partial charge on any atom is 0.284 e. The first-order chi connectivity index (χ1) is 17.2. The van der Waals surface area contributed by atoms with Gasteiger partial charge in [-0.2, -0.15) is 4.68 Å². The summed E-state index contributed by atoms with van der Waals surface area (Å²) in [6.07, 6.45) is 5.62. The number of aromatic nitrogens is 5. The highest BCUT2D eigenvalue weighted by Crippen LogP contribution is 2.32. The second kappa shape index (κ2) is 9.14. The highest BCUT2D eigenvalue weighted by molar-refractivity contribution is 7.98. The lowest BCUT2D eigenvalue weighted by Gasteiger charge is -2.17. The molecule has 1 aromatic heterocycles. The average Bonchev–Trinajstić information content (AvgIpc) is 3.40. The van der Waals surface area contributed by atoms with Gasteiger partial charge in [0.05, 0.1) is 11.4 Å². The van der Waals surface area contributed by atoms with Crippen molar-refractivity contribution >= 4 is 11.8 Å². The molecule has 0 saturated heterocycles. The third-order valence-electron chi connectivity index (χ3n) is 6.16. The number of thioether (sulfide) groups is 1. The first-order valence-corrected chi connectivity index (χ1v) is 12.6. The number of benzene rings is 2. The zero-order valence-corrected chi connectivity index (χ0v) is 19.7. The van der Waals surface area contributed by atoms with Crippen molar-refractivity contribution in [2.45, 2.75) is 43.1 Å². The van der Waals surface area contributed by atoms with Crippen LogP contribution in [0.2, 0.25) is 0 Å². The molecule has 3 aromatic rings. The molecule has 3 aliphatic rings. The molecule has 0 N–H and O–H groups in total. The molecule has 9 heteroatoms. The molecule has 0 aliphatic carbocycles. The number of nitrogens with zero attached hydrogens (tertiary/aromatic N) is 5. The fraction of sp³-hybridized carbons (Fsp3) is 0.231. The summed E-state index contributed by atoms with van der Waals surface area (Å²) in [6.45, 7) is 0.816. The van der Waals surface area contributed by atoms with E-state index in [0.29, 0.717) is 23.0 Å². The number of para-hydroxylation sites is 1. The number of halogens is 1. The second-order valence-electron chi connectivity index (χ2n) is 8.49. The highest BCUT2D eigenvalue weighted by atomic mass is 32.2. The van der Waals surface area contributed by atoms with E-state index < -0.39 is 0 Å². The number of fused-ring (bicyclic) bond motifs is 3. The van der Waals surface area contributed by atoms with Gasteiger partial charge in [-0.25, -0.2) is 14.4 Å². The van der Waals surface area contributed by atoms with Gasteiger partial charge in [-0.15, -0.1) is 5.10 Å². The van der Waals surface area contributed by atoms with Gasteiger partial charge >= 0.3 is 0 Å². The first-order valence-electron chi connectivity index (χ1n) is 11.6. The Bertz CT molecular complexity index is 1510. The molecule has 0 unspecified atom stereocenters. The molecule has 0 saturated carbocycles. The molecule has 176 valence electrons. The predicted molar refractivity (Wildman–Crippen MR) is 131 cm³/mol. The Hall–Kier alpha value is -3.72. The van der Waals surface area contributed by atoms with Gasteiger partial charge in [-0.1, -0.05) is 36.4 Å². The fourth-order valence-electron chi connectivity index (χ4n) is 4.44. The Morgan fingerprint density at radius 1 is 1.00 bits per heavy atom. The molecular weight excluding hydrogens is 465 g/mol. The van der Waals surface area contributed by atoms with E-state index >= 15 is 0 Å². The van der Waals surface area contributed by atoms with E-state index in [1.807, 2.05) is 30.3 Å². The van der Waals surface area contributed by atoms with E-state index in [9.17, 15) is 9.18 Å². The van der Waals surface area contributed by atoms with E-state index in [4.69, 9.17) is 9.40 Å². The van der Waals surface area contributed by atoms with Crippen LogP contribution in [-0.4, -0.2) is 24.3 Å². The highest BCUT2D eigenvalue weighted by Gasteiger charge is 2.27. The molecule has 3 aliphatic heterocycles. The van der Waals surface area contributed by atoms with E-state index in [1.165, 1.54) is 16.8 Å². The smallest absolute Gasteiger partial charge is 0.284 e.